The van der Waals surface area contributed by atoms with Crippen LogP contribution >= 0.6 is 11.6 Å². The van der Waals surface area contributed by atoms with Crippen molar-refractivity contribution in [1.82, 2.24) is 19.2 Å². The van der Waals surface area contributed by atoms with E-state index in [2.05, 4.69) is 29.2 Å². The van der Waals surface area contributed by atoms with Gasteiger partial charge in [-0.05, 0) is 31.3 Å². The van der Waals surface area contributed by atoms with Gasteiger partial charge in [-0.3, -0.25) is 9.48 Å². The first kappa shape index (κ1) is 21.0. The summed E-state index contributed by atoms with van der Waals surface area (Å²) in [6, 6.07) is 7.18. The molecule has 0 aliphatic rings. The van der Waals surface area contributed by atoms with Gasteiger partial charge in [0.25, 0.3) is 5.91 Å². The molecular formula is C21H26ClN5O2. The summed E-state index contributed by atoms with van der Waals surface area (Å²) in [4.78, 5) is 15.1. The second-order valence-corrected chi connectivity index (χ2v) is 6.97. The van der Waals surface area contributed by atoms with Gasteiger partial charge < -0.3 is 19.5 Å². The highest BCUT2D eigenvalue weighted by atomic mass is 35.5. The molecule has 0 aliphatic heterocycles. The monoisotopic (exact) mass is 415 g/mol. The number of amides is 1. The normalized spacial score (nSPS) is 11.1. The molecule has 1 amide bonds. The Labute approximate surface area is 175 Å². The number of hydrogen-bond acceptors (Lipinski definition) is 4. The average Bonchev–Trinajstić information content (AvgIpc) is 3.41. The zero-order chi connectivity index (χ0) is 20.8. The van der Waals surface area contributed by atoms with Crippen LogP contribution in [0.15, 0.2) is 49.1 Å². The Morgan fingerprint density at radius 3 is 2.62 bits per heavy atom. The molecule has 2 heterocycles. The van der Waals surface area contributed by atoms with Gasteiger partial charge in [-0.15, -0.1) is 0 Å². The number of anilines is 1. The van der Waals surface area contributed by atoms with E-state index in [-0.39, 0.29) is 5.91 Å². The molecule has 1 aromatic carbocycles. The van der Waals surface area contributed by atoms with Crippen LogP contribution in [0.2, 0.25) is 5.02 Å². The molecule has 0 atom stereocenters. The molecule has 3 rings (SSSR count). The van der Waals surface area contributed by atoms with Crippen molar-refractivity contribution in [2.75, 3.05) is 32.1 Å². The zero-order valence-electron chi connectivity index (χ0n) is 16.9. The molecule has 8 heteroatoms. The Kier molecular flexibility index (Phi) is 6.95. The number of halogens is 1. The van der Waals surface area contributed by atoms with Gasteiger partial charge in [0.05, 0.1) is 41.8 Å². The van der Waals surface area contributed by atoms with Crippen LogP contribution in [0.1, 0.15) is 24.2 Å². The summed E-state index contributed by atoms with van der Waals surface area (Å²) in [5.74, 6) is 0.149. The van der Waals surface area contributed by atoms with Gasteiger partial charge in [0.2, 0.25) is 0 Å². The lowest BCUT2D eigenvalue weighted by Crippen LogP contribution is -2.27. The van der Waals surface area contributed by atoms with Crippen molar-refractivity contribution in [1.29, 1.82) is 0 Å². The molecule has 0 saturated carbocycles. The Morgan fingerprint density at radius 1 is 1.24 bits per heavy atom. The van der Waals surface area contributed by atoms with E-state index >= 15 is 0 Å². The number of methoxy groups -OCH3 is 1. The topological polar surface area (TPSA) is 64.3 Å². The van der Waals surface area contributed by atoms with Crippen LogP contribution in [0, 0.1) is 0 Å². The molecule has 0 unspecified atom stereocenters. The number of hydrogen-bond donors (Lipinski definition) is 1. The number of nitrogens with one attached hydrogen (secondary N) is 1. The largest absolute Gasteiger partial charge is 0.496 e. The molecule has 3 aromatic rings. The number of carbonyl (C=O) groups excluding carboxylic acids is 1. The summed E-state index contributed by atoms with van der Waals surface area (Å²) < 4.78 is 9.13. The minimum atomic E-state index is -0.300. The van der Waals surface area contributed by atoms with Crippen molar-refractivity contribution in [3.63, 3.8) is 0 Å². The molecule has 0 aliphatic carbocycles. The lowest BCUT2D eigenvalue weighted by molar-refractivity contribution is 0.102. The van der Waals surface area contributed by atoms with E-state index in [1.54, 1.807) is 18.3 Å². The predicted molar refractivity (Wildman–Crippen MR) is 115 cm³/mol. The summed E-state index contributed by atoms with van der Waals surface area (Å²) >= 11 is 6.42. The molecule has 1 N–H and O–H groups in total. The van der Waals surface area contributed by atoms with Crippen molar-refractivity contribution in [3.05, 3.63) is 59.6 Å². The van der Waals surface area contributed by atoms with Crippen LogP contribution in [-0.4, -0.2) is 51.9 Å². The van der Waals surface area contributed by atoms with Crippen molar-refractivity contribution < 1.29 is 9.53 Å². The Bertz CT molecular complexity index is 948. The highest BCUT2D eigenvalue weighted by Crippen LogP contribution is 2.30. The molecule has 7 nitrogen and oxygen atoms in total. The molecule has 0 saturated heterocycles. The highest BCUT2D eigenvalue weighted by molar-refractivity contribution is 6.33. The third-order valence-electron chi connectivity index (χ3n) is 4.83. The predicted octanol–water partition coefficient (Wildman–Crippen LogP) is 3.93. The Morgan fingerprint density at radius 2 is 1.97 bits per heavy atom. The third-order valence-corrected chi connectivity index (χ3v) is 5.13. The van der Waals surface area contributed by atoms with Crippen LogP contribution in [0.5, 0.6) is 5.75 Å². The number of ether oxygens (including phenoxy) is 1. The van der Waals surface area contributed by atoms with Crippen molar-refractivity contribution in [3.8, 4) is 11.4 Å². The second kappa shape index (κ2) is 9.62. The number of likely N-dealkylation sites (N-methyl/N-ethyl adjacent to an activating group) is 1. The maximum absolute atomic E-state index is 12.8. The molecule has 2 aromatic heterocycles. The van der Waals surface area contributed by atoms with Gasteiger partial charge in [-0.25, -0.2) is 0 Å². The summed E-state index contributed by atoms with van der Waals surface area (Å²) in [7, 11) is 1.53. The Hall–Kier alpha value is -2.77. The molecule has 0 spiro atoms. The lowest BCUT2D eigenvalue weighted by atomic mass is 10.1. The maximum atomic E-state index is 12.8. The van der Waals surface area contributed by atoms with Crippen molar-refractivity contribution in [2.24, 2.45) is 0 Å². The van der Waals surface area contributed by atoms with E-state index in [1.807, 2.05) is 40.0 Å². The van der Waals surface area contributed by atoms with E-state index in [0.717, 1.165) is 31.9 Å². The third kappa shape index (κ3) is 4.99. The number of nitrogens with zero attached hydrogens (tertiary/aromatic N) is 4. The van der Waals surface area contributed by atoms with E-state index in [0.29, 0.717) is 22.0 Å². The van der Waals surface area contributed by atoms with E-state index in [4.69, 9.17) is 16.3 Å². The fourth-order valence-corrected chi connectivity index (χ4v) is 3.38. The van der Waals surface area contributed by atoms with Crippen LogP contribution in [0.4, 0.5) is 5.69 Å². The highest BCUT2D eigenvalue weighted by Gasteiger charge is 2.17. The molecule has 0 radical (unpaired) electrons. The van der Waals surface area contributed by atoms with Gasteiger partial charge in [-0.2, -0.15) is 5.10 Å². The summed E-state index contributed by atoms with van der Waals surface area (Å²) in [6.07, 6.45) is 7.23. The Balaban J connectivity index is 1.73. The van der Waals surface area contributed by atoms with Crippen LogP contribution in [-0.2, 0) is 6.54 Å². The fourth-order valence-electron chi connectivity index (χ4n) is 3.11. The minimum absolute atomic E-state index is 0.300. The van der Waals surface area contributed by atoms with Gasteiger partial charge >= 0.3 is 0 Å². The second-order valence-electron chi connectivity index (χ2n) is 6.57. The summed E-state index contributed by atoms with van der Waals surface area (Å²) in [5.41, 5.74) is 1.74. The minimum Gasteiger partial charge on any atom is -0.496 e. The first-order valence-electron chi connectivity index (χ1n) is 9.62. The number of aromatic nitrogens is 3. The van der Waals surface area contributed by atoms with Crippen LogP contribution in [0.25, 0.3) is 5.69 Å². The van der Waals surface area contributed by atoms with Crippen LogP contribution in [0.3, 0.4) is 0 Å². The van der Waals surface area contributed by atoms with Gasteiger partial charge in [-0.1, -0.05) is 25.4 Å². The van der Waals surface area contributed by atoms with Gasteiger partial charge in [0.1, 0.15) is 5.75 Å². The van der Waals surface area contributed by atoms with Crippen LogP contribution < -0.4 is 10.1 Å². The fraction of sp³-hybridized carbons (Fsp3) is 0.333. The van der Waals surface area contributed by atoms with Gasteiger partial charge in [0, 0.05) is 31.2 Å². The smallest absolute Gasteiger partial charge is 0.259 e. The van der Waals surface area contributed by atoms with E-state index in [9.17, 15) is 4.79 Å². The zero-order valence-corrected chi connectivity index (χ0v) is 17.7. The number of rotatable bonds is 9. The van der Waals surface area contributed by atoms with E-state index < -0.39 is 0 Å². The van der Waals surface area contributed by atoms with Crippen molar-refractivity contribution in [2.45, 2.75) is 20.4 Å². The number of benzene rings is 1. The first-order valence-corrected chi connectivity index (χ1v) is 10.0. The number of carbonyl (C=O) groups is 1. The quantitative estimate of drug-likeness (QED) is 0.575. The molecule has 29 heavy (non-hydrogen) atoms. The SMILES string of the molecule is CCN(CC)CCn1cc(NC(=O)c2cc(Cl)c(-n3cccc3)cc2OC)cn1. The van der Waals surface area contributed by atoms with Gasteiger partial charge in [0.15, 0.2) is 0 Å². The average molecular weight is 416 g/mol. The maximum Gasteiger partial charge on any atom is 0.259 e. The van der Waals surface area contributed by atoms with E-state index in [1.165, 1.54) is 7.11 Å². The molecule has 0 bridgehead atoms. The summed E-state index contributed by atoms with van der Waals surface area (Å²) in [5, 5.41) is 7.66. The lowest BCUT2D eigenvalue weighted by Gasteiger charge is -2.17. The molecule has 0 fully saturated rings. The van der Waals surface area contributed by atoms with Crippen molar-refractivity contribution >= 4 is 23.2 Å². The summed E-state index contributed by atoms with van der Waals surface area (Å²) in [6.45, 7) is 7.95. The molecule has 154 valence electrons. The standard InChI is InChI=1S/C21H26ClN5O2/c1-4-25(5-2)10-11-27-15-16(14-23-27)24-21(28)17-12-18(22)19(13-20(17)29-3)26-8-6-7-9-26/h6-9,12-15H,4-5,10-11H2,1-3H3,(H,24,28). The molecular weight excluding hydrogens is 390 g/mol. The first-order chi connectivity index (χ1) is 14.0.